The third-order valence-electron chi connectivity index (χ3n) is 5.35. The fourth-order valence-corrected chi connectivity index (χ4v) is 4.81. The van der Waals surface area contributed by atoms with Crippen LogP contribution in [0.3, 0.4) is 0 Å². The number of hydrogen-bond acceptors (Lipinski definition) is 2. The molecule has 1 aliphatic carbocycles. The highest BCUT2D eigenvalue weighted by molar-refractivity contribution is 5.77. The fourth-order valence-electron chi connectivity index (χ4n) is 4.81. The van der Waals surface area contributed by atoms with E-state index in [1.165, 1.54) is 0 Å². The van der Waals surface area contributed by atoms with Gasteiger partial charge in [-0.3, -0.25) is 9.59 Å². The van der Waals surface area contributed by atoms with Crippen LogP contribution < -0.4 is 5.56 Å². The number of hydrogen-bond donors (Lipinski definition) is 0. The minimum atomic E-state index is -4.54. The Balaban J connectivity index is 1.81. The number of rotatable bonds is 2. The Hall–Kier alpha value is -1.79. The lowest BCUT2D eigenvalue weighted by Crippen LogP contribution is -2.40. The van der Waals surface area contributed by atoms with E-state index in [0.717, 1.165) is 42.2 Å². The summed E-state index contributed by atoms with van der Waals surface area (Å²) >= 11 is 0. The number of aromatic nitrogens is 1. The Morgan fingerprint density at radius 1 is 1.24 bits per heavy atom. The number of pyridine rings is 1. The molecule has 0 spiro atoms. The summed E-state index contributed by atoms with van der Waals surface area (Å²) in [4.78, 5) is 26.3. The van der Waals surface area contributed by atoms with Crippen LogP contribution in [0.4, 0.5) is 13.2 Å². The maximum absolute atomic E-state index is 12.8. The Morgan fingerprint density at radius 2 is 1.92 bits per heavy atom. The molecule has 0 unspecified atom stereocenters. The van der Waals surface area contributed by atoms with E-state index in [0.29, 0.717) is 6.54 Å². The topological polar surface area (TPSA) is 42.3 Å². The lowest BCUT2D eigenvalue weighted by Gasteiger charge is -2.39. The summed E-state index contributed by atoms with van der Waals surface area (Å²) in [5.41, 5.74) is -1.34. The molecule has 1 aliphatic heterocycles. The molecule has 0 radical (unpaired) electrons. The van der Waals surface area contributed by atoms with Gasteiger partial charge in [0.1, 0.15) is 6.54 Å². The predicted molar refractivity (Wildman–Crippen MR) is 86.9 cm³/mol. The van der Waals surface area contributed by atoms with Crippen LogP contribution in [0.2, 0.25) is 0 Å². The van der Waals surface area contributed by atoms with E-state index in [4.69, 9.17) is 0 Å². The second-order valence-electron chi connectivity index (χ2n) is 8.62. The lowest BCUT2D eigenvalue weighted by molar-refractivity contribution is -0.139. The maximum atomic E-state index is 12.8. The van der Waals surface area contributed by atoms with Crippen LogP contribution in [0.25, 0.3) is 0 Å². The summed E-state index contributed by atoms with van der Waals surface area (Å²) in [7, 11) is 0. The number of carbonyl (C=O) groups excluding carboxylic acids is 1. The molecule has 25 heavy (non-hydrogen) atoms. The summed E-state index contributed by atoms with van der Waals surface area (Å²) in [5, 5.41) is 0. The first-order valence-electron chi connectivity index (χ1n) is 8.46. The summed E-state index contributed by atoms with van der Waals surface area (Å²) < 4.78 is 39.4. The van der Waals surface area contributed by atoms with E-state index < -0.39 is 17.3 Å². The van der Waals surface area contributed by atoms with Gasteiger partial charge in [-0.2, -0.15) is 13.2 Å². The number of carbonyl (C=O) groups is 1. The van der Waals surface area contributed by atoms with Crippen molar-refractivity contribution in [2.24, 2.45) is 10.8 Å². The van der Waals surface area contributed by atoms with Gasteiger partial charge in [-0.05, 0) is 36.2 Å². The van der Waals surface area contributed by atoms with Crippen LogP contribution in [-0.2, 0) is 17.5 Å². The average molecular weight is 356 g/mol. The number of amides is 1. The van der Waals surface area contributed by atoms with E-state index in [9.17, 15) is 22.8 Å². The van der Waals surface area contributed by atoms with E-state index in [-0.39, 0.29) is 29.3 Å². The first-order valence-corrected chi connectivity index (χ1v) is 8.46. The standard InChI is InChI=1S/C18H23F3N2O2/c1-16(2)6-13-7-17(3,10-16)11-23(13)15(25)9-22-8-12(18(19,20)21)4-5-14(22)24/h4-5,8,13H,6-7,9-11H2,1-3H3/t13-,17-/m1/s1. The van der Waals surface area contributed by atoms with Crippen LogP contribution in [0.1, 0.15) is 45.6 Å². The molecule has 0 aromatic carbocycles. The number of nitrogens with zero attached hydrogens (tertiary/aromatic N) is 2. The van der Waals surface area contributed by atoms with Crippen molar-refractivity contribution in [3.8, 4) is 0 Å². The smallest absolute Gasteiger partial charge is 0.338 e. The van der Waals surface area contributed by atoms with E-state index in [1.54, 1.807) is 4.90 Å². The van der Waals surface area contributed by atoms with Gasteiger partial charge in [-0.25, -0.2) is 0 Å². The fraction of sp³-hybridized carbons (Fsp3) is 0.667. The van der Waals surface area contributed by atoms with Gasteiger partial charge < -0.3 is 9.47 Å². The van der Waals surface area contributed by atoms with Gasteiger partial charge >= 0.3 is 6.18 Å². The largest absolute Gasteiger partial charge is 0.417 e. The lowest BCUT2D eigenvalue weighted by atomic mass is 9.65. The van der Waals surface area contributed by atoms with Crippen LogP contribution >= 0.6 is 0 Å². The zero-order valence-electron chi connectivity index (χ0n) is 14.7. The third kappa shape index (κ3) is 3.60. The monoisotopic (exact) mass is 356 g/mol. The van der Waals surface area contributed by atoms with Crippen molar-refractivity contribution in [1.29, 1.82) is 0 Å². The van der Waals surface area contributed by atoms with Crippen molar-refractivity contribution in [3.63, 3.8) is 0 Å². The first-order chi connectivity index (χ1) is 11.4. The van der Waals surface area contributed by atoms with Crippen molar-refractivity contribution in [2.45, 2.75) is 58.8 Å². The third-order valence-corrected chi connectivity index (χ3v) is 5.35. The average Bonchev–Trinajstić information content (AvgIpc) is 2.69. The maximum Gasteiger partial charge on any atom is 0.417 e. The van der Waals surface area contributed by atoms with Crippen molar-refractivity contribution in [1.82, 2.24) is 9.47 Å². The van der Waals surface area contributed by atoms with Crippen molar-refractivity contribution >= 4 is 5.91 Å². The van der Waals surface area contributed by atoms with Gasteiger partial charge in [0, 0.05) is 24.8 Å². The SMILES string of the molecule is CC1(C)C[C@@H]2C[C@@](C)(CN2C(=O)Cn2cc(C(F)(F)F)ccc2=O)C1. The molecule has 2 fully saturated rings. The quantitative estimate of drug-likeness (QED) is 0.816. The van der Waals surface area contributed by atoms with Gasteiger partial charge in [0.05, 0.1) is 5.56 Å². The minimum Gasteiger partial charge on any atom is -0.338 e. The Labute approximate surface area is 144 Å². The number of halogens is 3. The van der Waals surface area contributed by atoms with Crippen LogP contribution in [0.15, 0.2) is 23.1 Å². The molecular weight excluding hydrogens is 333 g/mol. The van der Waals surface area contributed by atoms with Crippen LogP contribution in [-0.4, -0.2) is 28.0 Å². The Kier molecular flexibility index (Phi) is 4.04. The molecule has 1 amide bonds. The van der Waals surface area contributed by atoms with Gasteiger partial charge in [0.2, 0.25) is 5.91 Å². The predicted octanol–water partition coefficient (Wildman–Crippen LogP) is 3.29. The molecule has 2 heterocycles. The van der Waals surface area contributed by atoms with Gasteiger partial charge in [0.25, 0.3) is 5.56 Å². The normalized spacial score (nSPS) is 28.2. The summed E-state index contributed by atoms with van der Waals surface area (Å²) in [5.74, 6) is -0.284. The van der Waals surface area contributed by atoms with Gasteiger partial charge in [0.15, 0.2) is 0 Å². The number of fused-ring (bicyclic) bond motifs is 2. The zero-order valence-corrected chi connectivity index (χ0v) is 14.7. The number of likely N-dealkylation sites (tertiary alicyclic amines) is 1. The Morgan fingerprint density at radius 3 is 2.56 bits per heavy atom. The van der Waals surface area contributed by atoms with Crippen molar-refractivity contribution < 1.29 is 18.0 Å². The zero-order chi connectivity index (χ0) is 18.6. The van der Waals surface area contributed by atoms with Gasteiger partial charge in [-0.1, -0.05) is 20.8 Å². The molecule has 1 aromatic rings. The highest BCUT2D eigenvalue weighted by atomic mass is 19.4. The van der Waals surface area contributed by atoms with Crippen molar-refractivity contribution in [2.75, 3.05) is 6.54 Å². The molecule has 2 atom stereocenters. The Bertz CT molecular complexity index is 753. The van der Waals surface area contributed by atoms with E-state index in [1.807, 2.05) is 0 Å². The summed E-state index contributed by atoms with van der Waals surface area (Å²) in [6, 6.07) is 1.71. The second-order valence-corrected chi connectivity index (χ2v) is 8.62. The molecule has 4 nitrogen and oxygen atoms in total. The van der Waals surface area contributed by atoms with E-state index >= 15 is 0 Å². The van der Waals surface area contributed by atoms with Gasteiger partial charge in [-0.15, -0.1) is 0 Å². The summed E-state index contributed by atoms with van der Waals surface area (Å²) in [6.45, 7) is 6.78. The molecule has 138 valence electrons. The van der Waals surface area contributed by atoms with E-state index in [2.05, 4.69) is 20.8 Å². The first kappa shape index (κ1) is 18.0. The highest BCUT2D eigenvalue weighted by Crippen LogP contribution is 2.52. The molecule has 1 saturated heterocycles. The van der Waals surface area contributed by atoms with Crippen LogP contribution in [0, 0.1) is 10.8 Å². The molecular formula is C18H23F3N2O2. The van der Waals surface area contributed by atoms with Crippen LogP contribution in [0.5, 0.6) is 0 Å². The minimum absolute atomic E-state index is 0.0425. The molecule has 3 rings (SSSR count). The number of alkyl halides is 3. The molecule has 2 bridgehead atoms. The molecule has 7 heteroatoms. The molecule has 1 saturated carbocycles. The molecule has 2 aliphatic rings. The molecule has 1 aromatic heterocycles. The summed E-state index contributed by atoms with van der Waals surface area (Å²) in [6.07, 6.45) is -0.996. The molecule has 0 N–H and O–H groups in total. The second kappa shape index (κ2) is 5.61. The highest BCUT2D eigenvalue weighted by Gasteiger charge is 2.50. The van der Waals surface area contributed by atoms with Crippen molar-refractivity contribution in [3.05, 3.63) is 34.2 Å².